The number of rotatable bonds is 2. The van der Waals surface area contributed by atoms with Gasteiger partial charge in [0.15, 0.2) is 0 Å². The van der Waals surface area contributed by atoms with E-state index in [-0.39, 0.29) is 5.82 Å². The Labute approximate surface area is 92.5 Å². The largest absolute Gasteiger partial charge is 0.496 e. The van der Waals surface area contributed by atoms with Gasteiger partial charge in [-0.25, -0.2) is 9.37 Å². The van der Waals surface area contributed by atoms with Crippen LogP contribution in [0, 0.1) is 5.82 Å². The van der Waals surface area contributed by atoms with Crippen molar-refractivity contribution in [1.82, 2.24) is 9.55 Å². The zero-order chi connectivity index (χ0) is 11.7. The molecular weight excluding hydrogens is 209 g/mol. The maximum atomic E-state index is 13.2. The van der Waals surface area contributed by atoms with Crippen molar-refractivity contribution in [2.24, 2.45) is 7.05 Å². The molecule has 0 spiro atoms. The third-order valence-electron chi connectivity index (χ3n) is 2.40. The smallest absolute Gasteiger partial charge is 0.131 e. The fourth-order valence-corrected chi connectivity index (χ4v) is 1.51. The van der Waals surface area contributed by atoms with Crippen LogP contribution in [0.2, 0.25) is 0 Å². The van der Waals surface area contributed by atoms with E-state index in [1.807, 2.05) is 0 Å². The minimum absolute atomic E-state index is 0.346. The number of aromatic nitrogens is 2. The summed E-state index contributed by atoms with van der Waals surface area (Å²) in [7, 11) is 3.30. The Hall–Kier alpha value is -2.04. The maximum absolute atomic E-state index is 13.2. The number of imidazole rings is 1. The van der Waals surface area contributed by atoms with E-state index >= 15 is 0 Å². The Morgan fingerprint density at radius 3 is 2.75 bits per heavy atom. The highest BCUT2D eigenvalue weighted by atomic mass is 19.1. The fraction of sp³-hybridized carbons (Fsp3) is 0.182. The summed E-state index contributed by atoms with van der Waals surface area (Å²) in [6.07, 6.45) is 1.58. The van der Waals surface area contributed by atoms with Crippen molar-refractivity contribution >= 4 is 5.82 Å². The molecule has 84 valence electrons. The van der Waals surface area contributed by atoms with Crippen molar-refractivity contribution in [1.29, 1.82) is 0 Å². The molecule has 0 aliphatic rings. The molecule has 0 saturated heterocycles. The van der Waals surface area contributed by atoms with Crippen molar-refractivity contribution in [3.63, 3.8) is 0 Å². The lowest BCUT2D eigenvalue weighted by molar-refractivity contribution is 0.415. The van der Waals surface area contributed by atoms with E-state index in [1.165, 1.54) is 19.2 Å². The predicted molar refractivity (Wildman–Crippen MR) is 59.6 cm³/mol. The lowest BCUT2D eigenvalue weighted by Crippen LogP contribution is -1.97. The van der Waals surface area contributed by atoms with Gasteiger partial charge in [0.25, 0.3) is 0 Å². The van der Waals surface area contributed by atoms with E-state index in [9.17, 15) is 4.39 Å². The molecule has 1 aromatic carbocycles. The lowest BCUT2D eigenvalue weighted by Gasteiger charge is -2.07. The van der Waals surface area contributed by atoms with Crippen LogP contribution < -0.4 is 10.5 Å². The number of nitrogen functional groups attached to an aromatic ring is 1. The number of halogens is 1. The molecule has 0 fully saturated rings. The molecule has 2 N–H and O–H groups in total. The Balaban J connectivity index is 2.62. The van der Waals surface area contributed by atoms with Crippen molar-refractivity contribution in [2.45, 2.75) is 0 Å². The summed E-state index contributed by atoms with van der Waals surface area (Å²) in [5, 5.41) is 0. The van der Waals surface area contributed by atoms with Gasteiger partial charge in [0.05, 0.1) is 13.4 Å². The average Bonchev–Trinajstić information content (AvgIpc) is 2.60. The van der Waals surface area contributed by atoms with Crippen LogP contribution in [-0.2, 0) is 7.05 Å². The Morgan fingerprint density at radius 2 is 2.19 bits per heavy atom. The number of aryl methyl sites for hydroxylation is 1. The SMILES string of the molecule is COc1ccc(F)cc1-c1ncn(C)c1N. The molecule has 1 heterocycles. The van der Waals surface area contributed by atoms with Gasteiger partial charge in [0.1, 0.15) is 23.1 Å². The van der Waals surface area contributed by atoms with Crippen molar-refractivity contribution < 1.29 is 9.13 Å². The summed E-state index contributed by atoms with van der Waals surface area (Å²) in [6, 6.07) is 4.25. The predicted octanol–water partition coefficient (Wildman–Crippen LogP) is 1.82. The normalized spacial score (nSPS) is 10.4. The average molecular weight is 221 g/mol. The molecule has 0 bridgehead atoms. The number of hydrogen-bond acceptors (Lipinski definition) is 3. The fourth-order valence-electron chi connectivity index (χ4n) is 1.51. The van der Waals surface area contributed by atoms with Crippen LogP contribution in [-0.4, -0.2) is 16.7 Å². The van der Waals surface area contributed by atoms with E-state index in [1.54, 1.807) is 24.0 Å². The standard InChI is InChI=1S/C11H12FN3O/c1-15-6-14-10(11(15)13)8-5-7(12)3-4-9(8)16-2/h3-6H,13H2,1-2H3. The molecule has 0 aliphatic carbocycles. The van der Waals surface area contributed by atoms with Gasteiger partial charge in [-0.3, -0.25) is 0 Å². The highest BCUT2D eigenvalue weighted by Gasteiger charge is 2.13. The third-order valence-corrected chi connectivity index (χ3v) is 2.40. The van der Waals surface area contributed by atoms with Gasteiger partial charge in [0.2, 0.25) is 0 Å². The van der Waals surface area contributed by atoms with Gasteiger partial charge in [-0.1, -0.05) is 0 Å². The van der Waals surface area contributed by atoms with Crippen LogP contribution in [0.15, 0.2) is 24.5 Å². The van der Waals surface area contributed by atoms with Gasteiger partial charge in [0, 0.05) is 12.6 Å². The first-order valence-corrected chi connectivity index (χ1v) is 4.74. The molecule has 16 heavy (non-hydrogen) atoms. The first kappa shape index (κ1) is 10.5. The molecule has 1 aromatic heterocycles. The number of anilines is 1. The molecule has 0 atom stereocenters. The van der Waals surface area contributed by atoms with Crippen LogP contribution in [0.5, 0.6) is 5.75 Å². The van der Waals surface area contributed by atoms with Gasteiger partial charge >= 0.3 is 0 Å². The van der Waals surface area contributed by atoms with E-state index in [0.29, 0.717) is 22.8 Å². The first-order chi connectivity index (χ1) is 7.63. The van der Waals surface area contributed by atoms with Crippen LogP contribution in [0.3, 0.4) is 0 Å². The molecule has 4 nitrogen and oxygen atoms in total. The minimum atomic E-state index is -0.346. The van der Waals surface area contributed by atoms with Crippen LogP contribution in [0.4, 0.5) is 10.2 Å². The lowest BCUT2D eigenvalue weighted by atomic mass is 10.1. The highest BCUT2D eigenvalue weighted by Crippen LogP contribution is 2.32. The summed E-state index contributed by atoms with van der Waals surface area (Å²) in [5.74, 6) is 0.677. The number of benzene rings is 1. The van der Waals surface area contributed by atoms with Crippen LogP contribution in [0.25, 0.3) is 11.3 Å². The topological polar surface area (TPSA) is 53.1 Å². The highest BCUT2D eigenvalue weighted by molar-refractivity contribution is 5.75. The second-order valence-electron chi connectivity index (χ2n) is 3.43. The third kappa shape index (κ3) is 1.60. The second kappa shape index (κ2) is 3.84. The van der Waals surface area contributed by atoms with E-state index in [2.05, 4.69) is 4.98 Å². The summed E-state index contributed by atoms with van der Waals surface area (Å²) in [6.45, 7) is 0. The Bertz CT molecular complexity index is 522. The molecule has 0 aliphatic heterocycles. The number of methoxy groups -OCH3 is 1. The van der Waals surface area contributed by atoms with Crippen LogP contribution in [0.1, 0.15) is 0 Å². The molecule has 0 saturated carbocycles. The zero-order valence-electron chi connectivity index (χ0n) is 9.07. The molecule has 2 aromatic rings. The van der Waals surface area contributed by atoms with Crippen LogP contribution >= 0.6 is 0 Å². The molecule has 0 unspecified atom stereocenters. The van der Waals surface area contributed by atoms with Gasteiger partial charge < -0.3 is 15.0 Å². The quantitative estimate of drug-likeness (QED) is 0.841. The zero-order valence-corrected chi connectivity index (χ0v) is 9.07. The summed E-state index contributed by atoms with van der Waals surface area (Å²) in [5.41, 5.74) is 6.91. The molecule has 2 rings (SSSR count). The van der Waals surface area contributed by atoms with Crippen molar-refractivity contribution in [3.05, 3.63) is 30.3 Å². The van der Waals surface area contributed by atoms with Crippen molar-refractivity contribution in [2.75, 3.05) is 12.8 Å². The van der Waals surface area contributed by atoms with E-state index in [0.717, 1.165) is 0 Å². The first-order valence-electron chi connectivity index (χ1n) is 4.74. The molecule has 5 heteroatoms. The number of hydrogen-bond donors (Lipinski definition) is 1. The maximum Gasteiger partial charge on any atom is 0.131 e. The molecular formula is C11H12FN3O. The number of ether oxygens (including phenoxy) is 1. The summed E-state index contributed by atoms with van der Waals surface area (Å²) in [4.78, 5) is 4.13. The minimum Gasteiger partial charge on any atom is -0.496 e. The van der Waals surface area contributed by atoms with Crippen molar-refractivity contribution in [3.8, 4) is 17.0 Å². The Kier molecular flexibility index (Phi) is 2.52. The molecule has 0 radical (unpaired) electrons. The molecule has 0 amide bonds. The van der Waals surface area contributed by atoms with E-state index in [4.69, 9.17) is 10.5 Å². The van der Waals surface area contributed by atoms with E-state index < -0.39 is 0 Å². The number of nitrogens with two attached hydrogens (primary N) is 1. The summed E-state index contributed by atoms with van der Waals surface area (Å²) < 4.78 is 20.0. The van der Waals surface area contributed by atoms with Gasteiger partial charge in [-0.05, 0) is 18.2 Å². The van der Waals surface area contributed by atoms with Gasteiger partial charge in [-0.2, -0.15) is 0 Å². The summed E-state index contributed by atoms with van der Waals surface area (Å²) >= 11 is 0. The second-order valence-corrected chi connectivity index (χ2v) is 3.43. The monoisotopic (exact) mass is 221 g/mol. The van der Waals surface area contributed by atoms with Gasteiger partial charge in [-0.15, -0.1) is 0 Å². The number of nitrogens with zero attached hydrogens (tertiary/aromatic N) is 2. The Morgan fingerprint density at radius 1 is 1.44 bits per heavy atom.